The van der Waals surface area contributed by atoms with Crippen molar-refractivity contribution in [2.45, 2.75) is 13.1 Å². The molecule has 0 unspecified atom stereocenters. The molecule has 5 nitrogen and oxygen atoms in total. The maximum atomic E-state index is 12.9. The second kappa shape index (κ2) is 6.93. The number of hydrogen-bond donors (Lipinski definition) is 2. The number of halogens is 1. The first kappa shape index (κ1) is 18.1. The normalized spacial score (nSPS) is 13.1. The first-order valence-electron chi connectivity index (χ1n) is 10.1. The number of urea groups is 1. The molecule has 6 heteroatoms. The van der Waals surface area contributed by atoms with Gasteiger partial charge in [-0.2, -0.15) is 0 Å². The van der Waals surface area contributed by atoms with Gasteiger partial charge in [-0.05, 0) is 64.7 Å². The number of fused-ring (bicyclic) bond motifs is 3. The van der Waals surface area contributed by atoms with Gasteiger partial charge in [0.2, 0.25) is 0 Å². The lowest BCUT2D eigenvalue weighted by Gasteiger charge is -2.16. The second-order valence-corrected chi connectivity index (χ2v) is 8.27. The average molecular weight is 428 g/mol. The van der Waals surface area contributed by atoms with Gasteiger partial charge in [-0.3, -0.25) is 0 Å². The lowest BCUT2D eigenvalue weighted by Crippen LogP contribution is -2.30. The van der Waals surface area contributed by atoms with Crippen molar-refractivity contribution < 1.29 is 9.21 Å². The van der Waals surface area contributed by atoms with Crippen molar-refractivity contribution >= 4 is 45.2 Å². The van der Waals surface area contributed by atoms with E-state index in [4.69, 9.17) is 16.0 Å². The molecule has 0 fully saturated rings. The summed E-state index contributed by atoms with van der Waals surface area (Å²) in [6, 6.07) is 20.0. The van der Waals surface area contributed by atoms with Crippen LogP contribution >= 0.6 is 11.6 Å². The number of aromatic amines is 1. The fourth-order valence-electron chi connectivity index (χ4n) is 4.25. The molecule has 0 saturated heterocycles. The Morgan fingerprint density at radius 1 is 0.968 bits per heavy atom. The summed E-state index contributed by atoms with van der Waals surface area (Å²) >= 11 is 6.12. The maximum Gasteiger partial charge on any atom is 0.322 e. The van der Waals surface area contributed by atoms with E-state index in [-0.39, 0.29) is 6.03 Å². The molecular weight excluding hydrogens is 410 g/mol. The van der Waals surface area contributed by atoms with Crippen LogP contribution in [0.2, 0.25) is 5.02 Å². The molecule has 3 aromatic carbocycles. The largest absolute Gasteiger partial charge is 0.464 e. The summed E-state index contributed by atoms with van der Waals surface area (Å²) in [6.07, 6.45) is 3.50. The number of rotatable bonds is 2. The van der Waals surface area contributed by atoms with Crippen LogP contribution in [0.1, 0.15) is 11.1 Å². The Kier molecular flexibility index (Phi) is 4.04. The Balaban J connectivity index is 1.23. The number of H-pyrrole nitrogens is 1. The fraction of sp³-hybridized carbons (Fsp3) is 0.0800. The third-order valence-corrected chi connectivity index (χ3v) is 6.12. The number of amides is 2. The highest BCUT2D eigenvalue weighted by atomic mass is 35.5. The molecule has 0 bridgehead atoms. The quantitative estimate of drug-likeness (QED) is 0.326. The van der Waals surface area contributed by atoms with Gasteiger partial charge in [0.15, 0.2) is 0 Å². The number of benzene rings is 3. The highest BCUT2D eigenvalue weighted by Crippen LogP contribution is 2.32. The third-order valence-electron chi connectivity index (χ3n) is 5.89. The van der Waals surface area contributed by atoms with Crippen molar-refractivity contribution in [1.82, 2.24) is 9.88 Å². The molecule has 1 aliphatic rings. The SMILES string of the molecule is O=C(Nc1c[nH]c2ccc(Cl)cc12)N1Cc2ccc(-c3ccc4occc4c3)cc2C1. The topological polar surface area (TPSA) is 61.3 Å². The summed E-state index contributed by atoms with van der Waals surface area (Å²) in [5.74, 6) is 0. The van der Waals surface area contributed by atoms with Gasteiger partial charge in [0.1, 0.15) is 5.58 Å². The van der Waals surface area contributed by atoms with E-state index in [1.54, 1.807) is 12.5 Å². The average Bonchev–Trinajstić information content (AvgIpc) is 3.50. The van der Waals surface area contributed by atoms with Crippen LogP contribution in [-0.2, 0) is 13.1 Å². The van der Waals surface area contributed by atoms with E-state index in [9.17, 15) is 4.79 Å². The van der Waals surface area contributed by atoms with E-state index in [1.807, 2.05) is 35.2 Å². The number of carbonyl (C=O) groups is 1. The van der Waals surface area contributed by atoms with Crippen molar-refractivity contribution in [3.63, 3.8) is 0 Å². The zero-order chi connectivity index (χ0) is 20.9. The summed E-state index contributed by atoms with van der Waals surface area (Å²) in [5, 5.41) is 5.63. The highest BCUT2D eigenvalue weighted by molar-refractivity contribution is 6.31. The minimum Gasteiger partial charge on any atom is -0.464 e. The molecule has 0 atom stereocenters. The Morgan fingerprint density at radius 3 is 2.74 bits per heavy atom. The molecule has 6 rings (SSSR count). The van der Waals surface area contributed by atoms with Gasteiger partial charge in [0, 0.05) is 40.6 Å². The van der Waals surface area contributed by atoms with Crippen molar-refractivity contribution in [3.8, 4) is 11.1 Å². The monoisotopic (exact) mass is 427 g/mol. The first-order valence-corrected chi connectivity index (χ1v) is 10.4. The molecule has 152 valence electrons. The molecular formula is C25H18ClN3O2. The van der Waals surface area contributed by atoms with Crippen LogP contribution in [0.25, 0.3) is 33.0 Å². The lowest BCUT2D eigenvalue weighted by molar-refractivity contribution is 0.212. The molecule has 2 aromatic heterocycles. The highest BCUT2D eigenvalue weighted by Gasteiger charge is 2.24. The van der Waals surface area contributed by atoms with Crippen LogP contribution in [0, 0.1) is 0 Å². The second-order valence-electron chi connectivity index (χ2n) is 7.84. The van der Waals surface area contributed by atoms with Crippen molar-refractivity contribution in [2.75, 3.05) is 5.32 Å². The molecule has 0 spiro atoms. The van der Waals surface area contributed by atoms with Gasteiger partial charge in [-0.15, -0.1) is 0 Å². The number of carbonyl (C=O) groups excluding carboxylic acids is 1. The molecule has 3 heterocycles. The van der Waals surface area contributed by atoms with E-state index >= 15 is 0 Å². The summed E-state index contributed by atoms with van der Waals surface area (Å²) in [5.41, 5.74) is 7.15. The summed E-state index contributed by atoms with van der Waals surface area (Å²) < 4.78 is 5.44. The Labute approximate surface area is 183 Å². The van der Waals surface area contributed by atoms with E-state index in [0.29, 0.717) is 18.1 Å². The minimum absolute atomic E-state index is 0.126. The molecule has 1 aliphatic heterocycles. The third kappa shape index (κ3) is 3.14. The predicted octanol–water partition coefficient (Wildman–Crippen LogP) is 6.78. The van der Waals surface area contributed by atoms with Crippen LogP contribution in [0.5, 0.6) is 0 Å². The predicted molar refractivity (Wildman–Crippen MR) is 123 cm³/mol. The summed E-state index contributed by atoms with van der Waals surface area (Å²) in [7, 11) is 0. The molecule has 0 saturated carbocycles. The molecule has 0 aliphatic carbocycles. The number of furan rings is 1. The first-order chi connectivity index (χ1) is 15.1. The standard InChI is InChI=1S/C25H18ClN3O2/c26-20-4-5-22-21(11-20)23(12-27-22)28-25(30)29-13-18-2-1-15(10-19(18)14-29)16-3-6-24-17(9-16)7-8-31-24/h1-12,27H,13-14H2,(H,28,30). The van der Waals surface area contributed by atoms with Crippen LogP contribution in [0.3, 0.4) is 0 Å². The van der Waals surface area contributed by atoms with Gasteiger partial charge in [-0.1, -0.05) is 29.8 Å². The van der Waals surface area contributed by atoms with Crippen LogP contribution in [0.15, 0.2) is 77.5 Å². The van der Waals surface area contributed by atoms with E-state index in [2.05, 4.69) is 40.6 Å². The number of hydrogen-bond acceptors (Lipinski definition) is 2. The molecule has 2 N–H and O–H groups in total. The van der Waals surface area contributed by atoms with Crippen molar-refractivity contribution in [2.24, 2.45) is 0 Å². The number of aromatic nitrogens is 1. The zero-order valence-corrected chi connectivity index (χ0v) is 17.2. The Hall–Kier alpha value is -3.70. The van der Waals surface area contributed by atoms with Gasteiger partial charge in [0.25, 0.3) is 0 Å². The zero-order valence-electron chi connectivity index (χ0n) is 16.5. The van der Waals surface area contributed by atoms with Crippen LogP contribution in [0.4, 0.5) is 10.5 Å². The van der Waals surface area contributed by atoms with Gasteiger partial charge in [-0.25, -0.2) is 4.79 Å². The van der Waals surface area contributed by atoms with E-state index < -0.39 is 0 Å². The number of nitrogens with one attached hydrogen (secondary N) is 2. The Morgan fingerprint density at radius 2 is 1.81 bits per heavy atom. The van der Waals surface area contributed by atoms with Crippen LogP contribution < -0.4 is 5.32 Å². The van der Waals surface area contributed by atoms with E-state index in [1.165, 1.54) is 11.1 Å². The van der Waals surface area contributed by atoms with Gasteiger partial charge < -0.3 is 19.6 Å². The van der Waals surface area contributed by atoms with Crippen molar-refractivity contribution in [3.05, 3.63) is 89.3 Å². The molecule has 5 aromatic rings. The summed E-state index contributed by atoms with van der Waals surface area (Å²) in [4.78, 5) is 17.9. The Bertz CT molecular complexity index is 1470. The number of anilines is 1. The van der Waals surface area contributed by atoms with Crippen molar-refractivity contribution in [1.29, 1.82) is 0 Å². The number of nitrogens with zero attached hydrogens (tertiary/aromatic N) is 1. The smallest absolute Gasteiger partial charge is 0.322 e. The molecule has 2 amide bonds. The van der Waals surface area contributed by atoms with Gasteiger partial charge >= 0.3 is 6.03 Å². The van der Waals surface area contributed by atoms with Crippen LogP contribution in [-0.4, -0.2) is 15.9 Å². The van der Waals surface area contributed by atoms with Gasteiger partial charge in [0.05, 0.1) is 12.0 Å². The maximum absolute atomic E-state index is 12.9. The fourth-order valence-corrected chi connectivity index (χ4v) is 4.43. The lowest BCUT2D eigenvalue weighted by atomic mass is 10.00. The minimum atomic E-state index is -0.126. The molecule has 31 heavy (non-hydrogen) atoms. The van der Waals surface area contributed by atoms with E-state index in [0.717, 1.165) is 38.7 Å². The summed E-state index contributed by atoms with van der Waals surface area (Å²) in [6.45, 7) is 1.16. The molecule has 0 radical (unpaired) electrons.